The molecule has 0 bridgehead atoms. The highest BCUT2D eigenvalue weighted by Gasteiger charge is 2.12. The number of nitrogens with one attached hydrogen (secondary N) is 1. The summed E-state index contributed by atoms with van der Waals surface area (Å²) in [4.78, 5) is 16.4. The summed E-state index contributed by atoms with van der Waals surface area (Å²) in [6.45, 7) is 0.359. The molecule has 0 aliphatic heterocycles. The summed E-state index contributed by atoms with van der Waals surface area (Å²) in [6.07, 6.45) is 1.48. The zero-order valence-electron chi connectivity index (χ0n) is 17.7. The number of oxazole rings is 1. The average Bonchev–Trinajstić information content (AvgIpc) is 3.25. The van der Waals surface area contributed by atoms with E-state index in [2.05, 4.69) is 15.5 Å². The summed E-state index contributed by atoms with van der Waals surface area (Å²) < 4.78 is 16.8. The first kappa shape index (κ1) is 22.7. The zero-order chi connectivity index (χ0) is 23.0. The maximum atomic E-state index is 12.1. The van der Waals surface area contributed by atoms with Gasteiger partial charge in [-0.3, -0.25) is 4.79 Å². The summed E-state index contributed by atoms with van der Waals surface area (Å²) in [6, 6.07) is 20.6. The lowest BCUT2D eigenvalue weighted by molar-refractivity contribution is -0.118. The Morgan fingerprint density at radius 3 is 2.76 bits per heavy atom. The summed E-state index contributed by atoms with van der Waals surface area (Å²) in [5, 5.41) is 4.80. The molecule has 1 aromatic heterocycles. The molecule has 9 heteroatoms. The highest BCUT2D eigenvalue weighted by atomic mass is 35.5. The molecule has 1 amide bonds. The molecule has 7 nitrogen and oxygen atoms in total. The number of carbonyl (C=O) groups excluding carboxylic acids is 1. The molecule has 0 atom stereocenters. The van der Waals surface area contributed by atoms with Crippen LogP contribution in [0.15, 0.2) is 81.5 Å². The van der Waals surface area contributed by atoms with Crippen molar-refractivity contribution in [3.8, 4) is 11.5 Å². The third-order valence-corrected chi connectivity index (χ3v) is 5.59. The summed E-state index contributed by atoms with van der Waals surface area (Å²) >= 11 is 7.59. The Bertz CT molecular complexity index is 1240. The number of hydrogen-bond acceptors (Lipinski definition) is 7. The van der Waals surface area contributed by atoms with E-state index in [1.54, 1.807) is 12.1 Å². The molecular formula is C24H20ClN3O4S. The van der Waals surface area contributed by atoms with Crippen molar-refractivity contribution in [2.75, 3.05) is 12.9 Å². The Labute approximate surface area is 199 Å². The zero-order valence-corrected chi connectivity index (χ0v) is 19.2. The molecule has 0 fully saturated rings. The molecule has 0 saturated carbocycles. The summed E-state index contributed by atoms with van der Waals surface area (Å²) in [7, 11) is 1.53. The molecule has 0 unspecified atom stereocenters. The van der Waals surface area contributed by atoms with Crippen molar-refractivity contribution in [1.82, 2.24) is 10.4 Å². The lowest BCUT2D eigenvalue weighted by atomic mass is 10.2. The first-order valence-electron chi connectivity index (χ1n) is 9.97. The van der Waals surface area contributed by atoms with Gasteiger partial charge in [0.2, 0.25) is 0 Å². The molecule has 0 spiro atoms. The predicted molar refractivity (Wildman–Crippen MR) is 129 cm³/mol. The van der Waals surface area contributed by atoms with Crippen LogP contribution in [0.1, 0.15) is 11.1 Å². The molecule has 0 radical (unpaired) electrons. The second-order valence-corrected chi connectivity index (χ2v) is 8.17. The predicted octanol–water partition coefficient (Wildman–Crippen LogP) is 5.31. The number of aromatic nitrogens is 1. The van der Waals surface area contributed by atoms with Crippen LogP contribution >= 0.6 is 23.4 Å². The number of methoxy groups -OCH3 is 1. The van der Waals surface area contributed by atoms with E-state index in [9.17, 15) is 4.79 Å². The molecule has 1 N–H and O–H groups in total. The van der Waals surface area contributed by atoms with Gasteiger partial charge in [-0.05, 0) is 35.4 Å². The average molecular weight is 482 g/mol. The van der Waals surface area contributed by atoms with Gasteiger partial charge in [0.15, 0.2) is 17.1 Å². The minimum atomic E-state index is -0.292. The smallest absolute Gasteiger partial charge is 0.257 e. The van der Waals surface area contributed by atoms with Gasteiger partial charge in [-0.15, -0.1) is 0 Å². The normalized spacial score (nSPS) is 11.1. The number of nitrogens with zero attached hydrogens (tertiary/aromatic N) is 2. The Hall–Kier alpha value is -3.49. The molecule has 4 aromatic rings. The van der Waals surface area contributed by atoms with E-state index in [-0.39, 0.29) is 11.7 Å². The number of thioether (sulfide) groups is 1. The second kappa shape index (κ2) is 10.9. The largest absolute Gasteiger partial charge is 0.493 e. The Morgan fingerprint density at radius 2 is 1.97 bits per heavy atom. The minimum absolute atomic E-state index is 0.112. The number of hydrazone groups is 1. The van der Waals surface area contributed by atoms with E-state index in [0.717, 1.165) is 11.1 Å². The molecule has 0 aliphatic carbocycles. The summed E-state index contributed by atoms with van der Waals surface area (Å²) in [5.74, 6) is 0.733. The minimum Gasteiger partial charge on any atom is -0.493 e. The van der Waals surface area contributed by atoms with Gasteiger partial charge in [-0.2, -0.15) is 5.10 Å². The molecule has 4 rings (SSSR count). The van der Waals surface area contributed by atoms with E-state index in [1.165, 1.54) is 25.1 Å². The van der Waals surface area contributed by atoms with E-state index < -0.39 is 0 Å². The van der Waals surface area contributed by atoms with Crippen LogP contribution in [-0.4, -0.2) is 30.0 Å². The molecule has 33 heavy (non-hydrogen) atoms. The topological polar surface area (TPSA) is 86.0 Å². The Kier molecular flexibility index (Phi) is 7.49. The van der Waals surface area contributed by atoms with Crippen molar-refractivity contribution >= 4 is 46.6 Å². The third-order valence-electron chi connectivity index (χ3n) is 4.48. The van der Waals surface area contributed by atoms with Crippen molar-refractivity contribution in [3.05, 3.63) is 82.9 Å². The van der Waals surface area contributed by atoms with Gasteiger partial charge in [0, 0.05) is 0 Å². The fourth-order valence-corrected chi connectivity index (χ4v) is 3.84. The molecule has 1 heterocycles. The molecule has 168 valence electrons. The SMILES string of the molecule is COc1cc(/C=N\NC(=O)CSc2nc3ccccc3o2)cc(Cl)c1OCc1ccccc1. The van der Waals surface area contributed by atoms with Gasteiger partial charge in [0.1, 0.15) is 12.1 Å². The van der Waals surface area contributed by atoms with E-state index in [1.807, 2.05) is 54.6 Å². The third kappa shape index (κ3) is 6.06. The van der Waals surface area contributed by atoms with Crippen LogP contribution in [-0.2, 0) is 11.4 Å². The quantitative estimate of drug-likeness (QED) is 0.198. The number of para-hydroxylation sites is 2. The molecule has 0 aliphatic rings. The van der Waals surface area contributed by atoms with E-state index in [0.29, 0.717) is 39.5 Å². The van der Waals surface area contributed by atoms with Crippen molar-refractivity contribution in [2.45, 2.75) is 11.8 Å². The van der Waals surface area contributed by atoms with Gasteiger partial charge >= 0.3 is 0 Å². The number of fused-ring (bicyclic) bond motifs is 1. The monoisotopic (exact) mass is 481 g/mol. The fraction of sp³-hybridized carbons (Fsp3) is 0.125. The lowest BCUT2D eigenvalue weighted by Crippen LogP contribution is -2.19. The van der Waals surface area contributed by atoms with Crippen molar-refractivity contribution in [2.24, 2.45) is 5.10 Å². The van der Waals surface area contributed by atoms with Crippen LogP contribution < -0.4 is 14.9 Å². The number of rotatable bonds is 9. The van der Waals surface area contributed by atoms with Gasteiger partial charge < -0.3 is 13.9 Å². The number of carbonyl (C=O) groups is 1. The maximum Gasteiger partial charge on any atom is 0.257 e. The number of hydrogen-bond donors (Lipinski definition) is 1. The highest BCUT2D eigenvalue weighted by Crippen LogP contribution is 2.36. The van der Waals surface area contributed by atoms with Crippen molar-refractivity contribution in [3.63, 3.8) is 0 Å². The first-order chi connectivity index (χ1) is 16.1. The maximum absolute atomic E-state index is 12.1. The Balaban J connectivity index is 1.33. The van der Waals surface area contributed by atoms with Crippen LogP contribution in [0.4, 0.5) is 0 Å². The van der Waals surface area contributed by atoms with Crippen LogP contribution in [0.2, 0.25) is 5.02 Å². The van der Waals surface area contributed by atoms with Gasteiger partial charge in [-0.25, -0.2) is 10.4 Å². The second-order valence-electron chi connectivity index (χ2n) is 6.84. The first-order valence-corrected chi connectivity index (χ1v) is 11.3. The van der Waals surface area contributed by atoms with Gasteiger partial charge in [0.25, 0.3) is 11.1 Å². The molecule has 3 aromatic carbocycles. The fourth-order valence-electron chi connectivity index (χ4n) is 2.94. The van der Waals surface area contributed by atoms with E-state index >= 15 is 0 Å². The van der Waals surface area contributed by atoms with Crippen LogP contribution in [0, 0.1) is 0 Å². The van der Waals surface area contributed by atoms with E-state index in [4.69, 9.17) is 25.5 Å². The lowest BCUT2D eigenvalue weighted by Gasteiger charge is -2.13. The number of amides is 1. The Morgan fingerprint density at radius 1 is 1.18 bits per heavy atom. The molecule has 0 saturated heterocycles. The summed E-state index contributed by atoms with van der Waals surface area (Å²) in [5.41, 5.74) is 5.57. The van der Waals surface area contributed by atoms with Crippen LogP contribution in [0.5, 0.6) is 11.5 Å². The van der Waals surface area contributed by atoms with Crippen LogP contribution in [0.3, 0.4) is 0 Å². The number of halogens is 1. The van der Waals surface area contributed by atoms with Gasteiger partial charge in [-0.1, -0.05) is 65.8 Å². The van der Waals surface area contributed by atoms with Crippen molar-refractivity contribution < 1.29 is 18.7 Å². The van der Waals surface area contributed by atoms with Crippen LogP contribution in [0.25, 0.3) is 11.1 Å². The highest BCUT2D eigenvalue weighted by molar-refractivity contribution is 7.99. The number of benzene rings is 3. The van der Waals surface area contributed by atoms with Gasteiger partial charge in [0.05, 0.1) is 24.1 Å². The van der Waals surface area contributed by atoms with Crippen molar-refractivity contribution in [1.29, 1.82) is 0 Å². The number of ether oxygens (including phenoxy) is 2. The molecular weight excluding hydrogens is 462 g/mol. The standard InChI is InChI=1S/C24H20ClN3O4S/c1-30-21-12-17(11-18(25)23(21)31-14-16-7-3-2-4-8-16)13-26-28-22(29)15-33-24-27-19-9-5-6-10-20(19)32-24/h2-13H,14-15H2,1H3,(H,28,29)/b26-13-.